The van der Waals surface area contributed by atoms with Gasteiger partial charge in [-0.1, -0.05) is 63.1 Å². The number of methoxy groups -OCH3 is 3. The van der Waals surface area contributed by atoms with Crippen molar-refractivity contribution in [3.05, 3.63) is 119 Å². The molecule has 0 fully saturated rings. The molecule has 9 amide bonds. The number of ether oxygens (including phenoxy) is 8. The van der Waals surface area contributed by atoms with Crippen LogP contribution in [0, 0.1) is 11.8 Å². The standard InChI is InChI=1S/C71H92N10O19/c1-39(2)60(72)64(85)73-43(7)62(83)75-47-19-15-45(16-20-47)37-99-70(91)80-51-33-57(55(94-10)31-49(51)66(87)78-35-41(5)29-53(78)68(80)89)97-24-13-12-14-25-98-58-34-52-50(32-56(58)95-11)67(88)79-36-42(6)30-54(79)69(90)81(52)71(92)100-38-46-17-21-48(22-18-46)76-63(84)44(8)74-65(86)61(40(3)4)77-59(82)23-26-96-28-27-93-9/h15-22,31-36,39-40,43-44,53-54,60-61,68-69,89-90H,12-14,23-30,37-38,72H2,1-11H3,(H,73,85)(H,74,86)(H,75,83)(H,76,84)(H,77,82)/t43-,44-,53+,54+,60-,61-,68+,69+/m1/s1. The van der Waals surface area contributed by atoms with Crippen LogP contribution >= 0.6 is 0 Å². The van der Waals surface area contributed by atoms with Crippen molar-refractivity contribution in [3.8, 4) is 23.0 Å². The molecule has 9 N–H and O–H groups in total. The smallest absolute Gasteiger partial charge is 0.416 e. The molecule has 0 spiro atoms. The maximum Gasteiger partial charge on any atom is 0.416 e. The molecule has 100 heavy (non-hydrogen) atoms. The van der Waals surface area contributed by atoms with Crippen molar-refractivity contribution < 1.29 is 91.3 Å². The summed E-state index contributed by atoms with van der Waals surface area (Å²) < 4.78 is 45.9. The van der Waals surface area contributed by atoms with E-state index in [0.29, 0.717) is 55.0 Å². The van der Waals surface area contributed by atoms with E-state index in [0.717, 1.165) is 20.9 Å². The fourth-order valence-electron chi connectivity index (χ4n) is 11.5. The molecule has 0 bridgehead atoms. The highest BCUT2D eigenvalue weighted by Gasteiger charge is 2.47. The maximum absolute atomic E-state index is 14.3. The molecule has 0 saturated heterocycles. The number of nitrogens with zero attached hydrogens (tertiary/aromatic N) is 4. The van der Waals surface area contributed by atoms with E-state index in [-0.39, 0.29) is 116 Å². The van der Waals surface area contributed by atoms with Crippen molar-refractivity contribution in [2.75, 3.05) is 74.8 Å². The number of unbranched alkanes of at least 4 members (excludes halogenated alkanes) is 2. The van der Waals surface area contributed by atoms with E-state index in [1.165, 1.54) is 62.1 Å². The van der Waals surface area contributed by atoms with Crippen LogP contribution in [-0.4, -0.2) is 177 Å². The third-order valence-corrected chi connectivity index (χ3v) is 17.3. The molecule has 0 aliphatic carbocycles. The van der Waals surface area contributed by atoms with Crippen LogP contribution in [0.2, 0.25) is 0 Å². The summed E-state index contributed by atoms with van der Waals surface area (Å²) in [5.41, 5.74) is 9.50. The summed E-state index contributed by atoms with van der Waals surface area (Å²) in [6.45, 7) is 14.4. The van der Waals surface area contributed by atoms with Gasteiger partial charge in [-0.05, 0) is 119 Å². The van der Waals surface area contributed by atoms with Crippen LogP contribution in [0.25, 0.3) is 0 Å². The number of anilines is 4. The number of benzene rings is 4. The zero-order valence-electron chi connectivity index (χ0n) is 58.2. The number of hydrogen-bond acceptors (Lipinski definition) is 20. The summed E-state index contributed by atoms with van der Waals surface area (Å²) in [4.78, 5) is 126. The molecule has 540 valence electrons. The number of amides is 9. The van der Waals surface area contributed by atoms with Crippen molar-refractivity contribution in [1.82, 2.24) is 25.8 Å². The first-order valence-corrected chi connectivity index (χ1v) is 33.2. The Labute approximate surface area is 580 Å². The molecule has 8 atom stereocenters. The molecule has 0 radical (unpaired) electrons. The van der Waals surface area contributed by atoms with Gasteiger partial charge < -0.3 is 90.2 Å². The average Bonchev–Trinajstić information content (AvgIpc) is 1.63. The molecule has 29 nitrogen and oxygen atoms in total. The van der Waals surface area contributed by atoms with Crippen LogP contribution in [0.15, 0.2) is 96.3 Å². The van der Waals surface area contributed by atoms with Crippen molar-refractivity contribution in [1.29, 1.82) is 0 Å². The van der Waals surface area contributed by atoms with Gasteiger partial charge >= 0.3 is 12.2 Å². The van der Waals surface area contributed by atoms with Crippen LogP contribution in [0.4, 0.5) is 32.3 Å². The largest absolute Gasteiger partial charge is 0.493 e. The zero-order chi connectivity index (χ0) is 72.6. The molecular weight excluding hydrogens is 1300 g/mol. The molecule has 4 aliphatic heterocycles. The highest BCUT2D eigenvalue weighted by Crippen LogP contribution is 2.44. The number of aliphatic hydroxyl groups is 2. The van der Waals surface area contributed by atoms with Gasteiger partial charge in [-0.2, -0.15) is 0 Å². The SMILES string of the molecule is COCCOCCC(=O)N[C@@H](C(=O)N[C@H](C)C(=O)Nc1ccc(COC(=O)N2c3cc(OCCCCCOc4cc5c(cc4OC)C(=O)N4C=C(C)C[C@H]4[C@H](O)N5C(=O)OCc4ccc(NC(=O)[C@@H](C)NC(=O)[C@H](N)C(C)C)cc4)c(OC)cc3C(=O)N3C=C(C)C[C@H]3[C@@H]2O)cc1)C(C)C. The van der Waals surface area contributed by atoms with E-state index >= 15 is 0 Å². The fraction of sp³-hybridized carbons (Fsp3) is 0.479. The van der Waals surface area contributed by atoms with Crippen LogP contribution in [0.3, 0.4) is 0 Å². The highest BCUT2D eigenvalue weighted by molar-refractivity contribution is 6.08. The first kappa shape index (κ1) is 76.0. The lowest BCUT2D eigenvalue weighted by Gasteiger charge is -2.31. The van der Waals surface area contributed by atoms with Crippen LogP contribution < -0.4 is 61.1 Å². The van der Waals surface area contributed by atoms with E-state index in [2.05, 4.69) is 26.6 Å². The average molecular weight is 1390 g/mol. The second-order valence-electron chi connectivity index (χ2n) is 25.6. The number of nitrogens with two attached hydrogens (primary N) is 1. The van der Waals surface area contributed by atoms with Crippen molar-refractivity contribution in [2.45, 2.75) is 156 Å². The minimum Gasteiger partial charge on any atom is -0.493 e. The summed E-state index contributed by atoms with van der Waals surface area (Å²) in [5.74, 6) is -3.05. The van der Waals surface area contributed by atoms with Gasteiger partial charge in [0.05, 0.1) is 87.9 Å². The minimum absolute atomic E-state index is 0.0114. The summed E-state index contributed by atoms with van der Waals surface area (Å²) in [5, 5.41) is 37.5. The number of nitrogens with one attached hydrogen (secondary N) is 5. The Morgan fingerprint density at radius 3 is 1.39 bits per heavy atom. The molecule has 0 unspecified atom stereocenters. The Morgan fingerprint density at radius 2 is 0.980 bits per heavy atom. The van der Waals surface area contributed by atoms with Gasteiger partial charge in [-0.25, -0.2) is 19.4 Å². The summed E-state index contributed by atoms with van der Waals surface area (Å²) in [6, 6.07) is 13.4. The monoisotopic (exact) mass is 1390 g/mol. The van der Waals surface area contributed by atoms with E-state index in [1.54, 1.807) is 95.7 Å². The molecule has 8 rings (SSSR count). The molecule has 29 heteroatoms. The normalized spacial score (nSPS) is 18.1. The van der Waals surface area contributed by atoms with Crippen molar-refractivity contribution in [2.24, 2.45) is 17.6 Å². The van der Waals surface area contributed by atoms with Gasteiger partial charge in [0, 0.05) is 49.4 Å². The third-order valence-electron chi connectivity index (χ3n) is 17.3. The lowest BCUT2D eigenvalue weighted by molar-refractivity contribution is -0.132. The van der Waals surface area contributed by atoms with Crippen molar-refractivity contribution in [3.63, 3.8) is 0 Å². The molecule has 4 aromatic rings. The van der Waals surface area contributed by atoms with Gasteiger partial charge in [0.15, 0.2) is 35.5 Å². The highest BCUT2D eigenvalue weighted by atomic mass is 16.6. The quantitative estimate of drug-likeness (QED) is 0.0246. The van der Waals surface area contributed by atoms with E-state index in [1.807, 2.05) is 13.8 Å². The van der Waals surface area contributed by atoms with E-state index in [9.17, 15) is 53.4 Å². The van der Waals surface area contributed by atoms with Crippen LogP contribution in [0.1, 0.15) is 126 Å². The Balaban J connectivity index is 0.876. The number of rotatable bonds is 31. The van der Waals surface area contributed by atoms with Gasteiger partial charge in [-0.3, -0.25) is 33.6 Å². The minimum atomic E-state index is -1.57. The number of fused-ring (bicyclic) bond motifs is 4. The van der Waals surface area contributed by atoms with Gasteiger partial charge in [0.2, 0.25) is 29.5 Å². The summed E-state index contributed by atoms with van der Waals surface area (Å²) in [7, 11) is 4.36. The predicted octanol–water partition coefficient (Wildman–Crippen LogP) is 6.58. The number of carbonyl (C=O) groups is 9. The van der Waals surface area contributed by atoms with Gasteiger partial charge in [0.1, 0.15) is 31.3 Å². The topological polar surface area (TPSA) is 367 Å². The first-order valence-electron chi connectivity index (χ1n) is 33.2. The zero-order valence-corrected chi connectivity index (χ0v) is 58.2. The fourth-order valence-corrected chi connectivity index (χ4v) is 11.5. The molecular formula is C71H92N10O19. The first-order chi connectivity index (χ1) is 47.7. The Bertz CT molecular complexity index is 3700. The second-order valence-corrected chi connectivity index (χ2v) is 25.6. The van der Waals surface area contributed by atoms with Gasteiger partial charge in [0.25, 0.3) is 11.8 Å². The lowest BCUT2D eigenvalue weighted by Crippen LogP contribution is -2.53. The van der Waals surface area contributed by atoms with Crippen molar-refractivity contribution >= 4 is 76.3 Å². The number of hydrogen-bond donors (Lipinski definition) is 8. The number of aliphatic hydroxyl groups excluding tert-OH is 2. The maximum atomic E-state index is 14.3. The lowest BCUT2D eigenvalue weighted by atomic mass is 10.0. The molecule has 4 aromatic carbocycles. The summed E-state index contributed by atoms with van der Waals surface area (Å²) >= 11 is 0. The van der Waals surface area contributed by atoms with Crippen LogP contribution in [-0.2, 0) is 56.1 Å². The Kier molecular flexibility index (Phi) is 26.4. The van der Waals surface area contributed by atoms with E-state index in [4.69, 9.17) is 43.6 Å². The molecule has 4 heterocycles. The number of carbonyl (C=O) groups excluding carboxylic acids is 9. The third kappa shape index (κ3) is 18.7. The predicted molar refractivity (Wildman–Crippen MR) is 367 cm³/mol. The molecule has 0 aromatic heterocycles. The van der Waals surface area contributed by atoms with Gasteiger partial charge in [-0.15, -0.1) is 0 Å². The van der Waals surface area contributed by atoms with E-state index < -0.39 is 96.3 Å². The Morgan fingerprint density at radius 1 is 0.540 bits per heavy atom. The van der Waals surface area contributed by atoms with Crippen LogP contribution in [0.5, 0.6) is 23.0 Å². The Hall–Kier alpha value is -9.81. The second kappa shape index (κ2) is 34.8. The molecule has 4 aliphatic rings. The molecule has 0 saturated carbocycles. The summed E-state index contributed by atoms with van der Waals surface area (Å²) in [6.07, 6.45) is 0.285.